The van der Waals surface area contributed by atoms with E-state index in [1.54, 1.807) is 24.3 Å². The Morgan fingerprint density at radius 3 is 2.29 bits per heavy atom. The summed E-state index contributed by atoms with van der Waals surface area (Å²) in [6, 6.07) is 6.92. The van der Waals surface area contributed by atoms with E-state index in [2.05, 4.69) is 21.2 Å². The van der Waals surface area contributed by atoms with Crippen LogP contribution in [0, 0.1) is 17.3 Å². The third kappa shape index (κ3) is 2.67. The fourth-order valence-corrected chi connectivity index (χ4v) is 6.94. The van der Waals surface area contributed by atoms with E-state index in [1.165, 1.54) is 26.4 Å². The maximum absolute atomic E-state index is 13.1. The molecule has 2 unspecified atom stereocenters. The first-order valence-electron chi connectivity index (χ1n) is 8.60. The molecule has 0 aromatic heterocycles. The number of hydrogen-bond acceptors (Lipinski definition) is 3. The van der Waals surface area contributed by atoms with E-state index in [4.69, 9.17) is 4.74 Å². The van der Waals surface area contributed by atoms with Crippen LogP contribution in [-0.2, 0) is 9.53 Å². The van der Waals surface area contributed by atoms with E-state index < -0.39 is 0 Å². The van der Waals surface area contributed by atoms with Crippen molar-refractivity contribution in [3.63, 3.8) is 0 Å². The molecule has 0 spiro atoms. The van der Waals surface area contributed by atoms with Crippen molar-refractivity contribution in [1.82, 2.24) is 0 Å². The summed E-state index contributed by atoms with van der Waals surface area (Å²) >= 11 is 3.95. The molecule has 4 fully saturated rings. The van der Waals surface area contributed by atoms with Crippen LogP contribution in [0.5, 0.6) is 0 Å². The molecule has 4 atom stereocenters. The van der Waals surface area contributed by atoms with E-state index >= 15 is 0 Å². The van der Waals surface area contributed by atoms with Gasteiger partial charge in [0.1, 0.15) is 0 Å². The van der Waals surface area contributed by atoms with Crippen molar-refractivity contribution >= 4 is 33.5 Å². The lowest BCUT2D eigenvalue weighted by Gasteiger charge is -2.59. The number of benzene rings is 1. The maximum Gasteiger partial charge on any atom is 0.337 e. The first-order valence-corrected chi connectivity index (χ1v) is 9.39. The molecule has 4 saturated carbocycles. The van der Waals surface area contributed by atoms with E-state index in [0.29, 0.717) is 17.4 Å². The van der Waals surface area contributed by atoms with Gasteiger partial charge in [-0.15, -0.1) is 0 Å². The highest BCUT2D eigenvalue weighted by molar-refractivity contribution is 9.10. The summed E-state index contributed by atoms with van der Waals surface area (Å²) in [4.78, 5) is 24.6. The van der Waals surface area contributed by atoms with Gasteiger partial charge < -0.3 is 10.1 Å². The highest BCUT2D eigenvalue weighted by Crippen LogP contribution is 2.64. The predicted octanol–water partition coefficient (Wildman–Crippen LogP) is 4.15. The SMILES string of the molecule is COC(=O)c1ccc(NC(=O)C23C[C@@H]4C[C@@H](CC(Br)(C4)C2)C3)cc1. The zero-order chi connectivity index (χ0) is 16.9. The number of hydrogen-bond donors (Lipinski definition) is 1. The van der Waals surface area contributed by atoms with E-state index in [0.717, 1.165) is 24.9 Å². The second kappa shape index (κ2) is 5.58. The van der Waals surface area contributed by atoms with Crippen molar-refractivity contribution in [3.05, 3.63) is 29.8 Å². The maximum atomic E-state index is 13.1. The highest BCUT2D eigenvalue weighted by atomic mass is 79.9. The van der Waals surface area contributed by atoms with Crippen molar-refractivity contribution in [2.45, 2.75) is 42.8 Å². The second-order valence-electron chi connectivity index (χ2n) is 7.92. The largest absolute Gasteiger partial charge is 0.465 e. The average Bonchev–Trinajstić information content (AvgIpc) is 2.52. The van der Waals surface area contributed by atoms with Crippen LogP contribution in [0.2, 0.25) is 0 Å². The summed E-state index contributed by atoms with van der Waals surface area (Å²) in [5.41, 5.74) is 1.01. The number of ether oxygens (including phenoxy) is 1. The molecule has 1 amide bonds. The predicted molar refractivity (Wildman–Crippen MR) is 95.2 cm³/mol. The number of methoxy groups -OCH3 is 1. The molecule has 5 heteroatoms. The van der Waals surface area contributed by atoms with Crippen LogP contribution >= 0.6 is 15.9 Å². The molecule has 4 aliphatic rings. The van der Waals surface area contributed by atoms with Crippen molar-refractivity contribution in [2.75, 3.05) is 12.4 Å². The smallest absolute Gasteiger partial charge is 0.337 e. The van der Waals surface area contributed by atoms with Gasteiger partial charge in [0, 0.05) is 10.0 Å². The fourth-order valence-electron chi connectivity index (χ4n) is 5.49. The molecular weight excluding hydrogens is 370 g/mol. The standard InChI is InChI=1S/C19H22BrNO3/c1-24-16(22)14-2-4-15(5-3-14)21-17(23)18-7-12-6-13(8-18)10-19(20,9-12)11-18/h2-5,12-13H,6-11H2,1H3,(H,21,23)/t12-,13+,18?,19?. The van der Waals surface area contributed by atoms with Crippen LogP contribution in [0.25, 0.3) is 0 Å². The number of halogens is 1. The van der Waals surface area contributed by atoms with Gasteiger partial charge >= 0.3 is 5.97 Å². The van der Waals surface area contributed by atoms with Crippen LogP contribution in [0.1, 0.15) is 48.9 Å². The Balaban J connectivity index is 1.51. The van der Waals surface area contributed by atoms with E-state index in [1.807, 2.05) is 0 Å². The summed E-state index contributed by atoms with van der Waals surface area (Å²) in [6.45, 7) is 0. The third-order valence-electron chi connectivity index (χ3n) is 6.04. The number of carbonyl (C=O) groups excluding carboxylic acids is 2. The average molecular weight is 392 g/mol. The Morgan fingerprint density at radius 2 is 1.75 bits per heavy atom. The van der Waals surface area contributed by atoms with Crippen molar-refractivity contribution in [2.24, 2.45) is 17.3 Å². The third-order valence-corrected chi connectivity index (χ3v) is 6.96. The molecular formula is C19H22BrNO3. The van der Waals surface area contributed by atoms with Crippen LogP contribution in [0.4, 0.5) is 5.69 Å². The first-order chi connectivity index (χ1) is 11.4. The van der Waals surface area contributed by atoms with Gasteiger partial charge in [0.15, 0.2) is 0 Å². The summed E-state index contributed by atoms with van der Waals surface area (Å²) in [6.07, 6.45) is 6.69. The van der Waals surface area contributed by atoms with Crippen molar-refractivity contribution in [3.8, 4) is 0 Å². The zero-order valence-electron chi connectivity index (χ0n) is 13.8. The lowest BCUT2D eigenvalue weighted by Crippen LogP contribution is -2.57. The normalized spacial score (nSPS) is 36.4. The van der Waals surface area contributed by atoms with Gasteiger partial charge in [-0.1, -0.05) is 15.9 Å². The number of alkyl halides is 1. The summed E-state index contributed by atoms with van der Waals surface area (Å²) in [5.74, 6) is 1.14. The lowest BCUT2D eigenvalue weighted by atomic mass is 9.49. The van der Waals surface area contributed by atoms with Crippen molar-refractivity contribution < 1.29 is 14.3 Å². The summed E-state index contributed by atoms with van der Waals surface area (Å²) in [7, 11) is 1.36. The number of nitrogens with one attached hydrogen (secondary N) is 1. The number of rotatable bonds is 3. The summed E-state index contributed by atoms with van der Waals surface area (Å²) in [5, 5.41) is 3.09. The minimum Gasteiger partial charge on any atom is -0.465 e. The minimum atomic E-state index is -0.366. The quantitative estimate of drug-likeness (QED) is 0.621. The lowest BCUT2D eigenvalue weighted by molar-refractivity contribution is -0.138. The van der Waals surface area contributed by atoms with Gasteiger partial charge in [0.2, 0.25) is 5.91 Å². The van der Waals surface area contributed by atoms with Gasteiger partial charge in [0.05, 0.1) is 18.1 Å². The molecule has 5 rings (SSSR count). The zero-order valence-corrected chi connectivity index (χ0v) is 15.4. The Labute approximate surface area is 150 Å². The Bertz CT molecular complexity index is 670. The number of anilines is 1. The molecule has 4 aliphatic carbocycles. The molecule has 24 heavy (non-hydrogen) atoms. The topological polar surface area (TPSA) is 55.4 Å². The van der Waals surface area contributed by atoms with Gasteiger partial charge in [-0.25, -0.2) is 4.79 Å². The van der Waals surface area contributed by atoms with E-state index in [-0.39, 0.29) is 21.6 Å². The molecule has 0 saturated heterocycles. The molecule has 4 nitrogen and oxygen atoms in total. The Kier molecular flexibility index (Phi) is 3.75. The van der Waals surface area contributed by atoms with Gasteiger partial charge in [-0.3, -0.25) is 4.79 Å². The second-order valence-corrected chi connectivity index (χ2v) is 9.60. The Morgan fingerprint density at radius 1 is 1.12 bits per heavy atom. The van der Waals surface area contributed by atoms with Gasteiger partial charge in [-0.05, 0) is 74.6 Å². The number of esters is 1. The highest BCUT2D eigenvalue weighted by Gasteiger charge is 2.59. The molecule has 0 radical (unpaired) electrons. The molecule has 4 bridgehead atoms. The van der Waals surface area contributed by atoms with Crippen LogP contribution < -0.4 is 5.32 Å². The minimum absolute atomic E-state index is 0.145. The molecule has 128 valence electrons. The first kappa shape index (κ1) is 16.1. The van der Waals surface area contributed by atoms with Crippen molar-refractivity contribution in [1.29, 1.82) is 0 Å². The van der Waals surface area contributed by atoms with Gasteiger partial charge in [-0.2, -0.15) is 0 Å². The molecule has 1 aromatic rings. The van der Waals surface area contributed by atoms with Crippen LogP contribution in [0.15, 0.2) is 24.3 Å². The van der Waals surface area contributed by atoms with Crippen LogP contribution in [-0.4, -0.2) is 23.3 Å². The molecule has 1 aromatic carbocycles. The fraction of sp³-hybridized carbons (Fsp3) is 0.579. The monoisotopic (exact) mass is 391 g/mol. The Hall–Kier alpha value is -1.36. The van der Waals surface area contributed by atoms with Crippen LogP contribution in [0.3, 0.4) is 0 Å². The molecule has 0 aliphatic heterocycles. The van der Waals surface area contributed by atoms with E-state index in [9.17, 15) is 9.59 Å². The van der Waals surface area contributed by atoms with Gasteiger partial charge in [0.25, 0.3) is 0 Å². The number of carbonyl (C=O) groups is 2. The molecule has 1 N–H and O–H groups in total. The number of amides is 1. The summed E-state index contributed by atoms with van der Waals surface area (Å²) < 4.78 is 4.87. The molecule has 0 heterocycles.